The van der Waals surface area contributed by atoms with Crippen molar-refractivity contribution in [2.24, 2.45) is 5.41 Å². The summed E-state index contributed by atoms with van der Waals surface area (Å²) < 4.78 is 12.6. The zero-order valence-corrected chi connectivity index (χ0v) is 14.6. The summed E-state index contributed by atoms with van der Waals surface area (Å²) in [4.78, 5) is 0. The summed E-state index contributed by atoms with van der Waals surface area (Å²) in [6.45, 7) is 15.3. The molecular formula is C18H29BO2. The molecular weight excluding hydrogens is 259 g/mol. The maximum atomic E-state index is 6.30. The highest BCUT2D eigenvalue weighted by Gasteiger charge is 2.54. The maximum Gasteiger partial charge on any atom is 0.465 e. The molecule has 1 aliphatic heterocycles. The van der Waals surface area contributed by atoms with Crippen molar-refractivity contribution in [1.82, 2.24) is 0 Å². The van der Waals surface area contributed by atoms with Gasteiger partial charge < -0.3 is 9.31 Å². The number of hydrogen-bond donors (Lipinski definition) is 0. The van der Waals surface area contributed by atoms with Crippen LogP contribution in [-0.4, -0.2) is 18.3 Å². The third-order valence-corrected chi connectivity index (χ3v) is 4.66. The van der Waals surface area contributed by atoms with Gasteiger partial charge in [-0.3, -0.25) is 0 Å². The lowest BCUT2D eigenvalue weighted by Gasteiger charge is -2.32. The minimum atomic E-state index is -0.275. The Hall–Kier alpha value is -0.795. The Morgan fingerprint density at radius 2 is 1.43 bits per heavy atom. The Morgan fingerprint density at radius 1 is 0.952 bits per heavy atom. The summed E-state index contributed by atoms with van der Waals surface area (Å²) in [5, 5.41) is 0. The van der Waals surface area contributed by atoms with Gasteiger partial charge in [0.2, 0.25) is 0 Å². The van der Waals surface area contributed by atoms with Gasteiger partial charge in [-0.15, -0.1) is 0 Å². The van der Waals surface area contributed by atoms with Crippen LogP contribution in [0.3, 0.4) is 0 Å². The third-order valence-electron chi connectivity index (χ3n) is 4.66. The molecule has 0 amide bonds. The summed E-state index contributed by atoms with van der Waals surface area (Å²) in [5.74, 6) is 0.257. The zero-order chi connectivity index (χ0) is 15.9. The second kappa shape index (κ2) is 5.44. The van der Waals surface area contributed by atoms with E-state index < -0.39 is 0 Å². The monoisotopic (exact) mass is 288 g/mol. The van der Waals surface area contributed by atoms with Gasteiger partial charge in [0, 0.05) is 5.82 Å². The highest BCUT2D eigenvalue weighted by Crippen LogP contribution is 2.43. The van der Waals surface area contributed by atoms with Gasteiger partial charge in [-0.05, 0) is 45.1 Å². The van der Waals surface area contributed by atoms with Gasteiger partial charge in [0.15, 0.2) is 0 Å². The molecule has 1 unspecified atom stereocenters. The van der Waals surface area contributed by atoms with E-state index in [1.54, 1.807) is 0 Å². The normalized spacial score (nSPS) is 22.3. The standard InChI is InChI=1S/C18H29BO2/c1-16(2,3)13-15(14-11-9-8-10-12-14)19-20-17(4,5)18(6,7)21-19/h8-12,15H,13H2,1-7H3. The smallest absolute Gasteiger partial charge is 0.403 e. The Labute approximate surface area is 130 Å². The first-order valence-electron chi connectivity index (χ1n) is 7.92. The second-order valence-corrected chi connectivity index (χ2v) is 8.41. The zero-order valence-electron chi connectivity index (χ0n) is 14.6. The Balaban J connectivity index is 2.30. The molecule has 1 heterocycles. The average molecular weight is 288 g/mol. The molecule has 0 spiro atoms. The van der Waals surface area contributed by atoms with Crippen LogP contribution in [0, 0.1) is 5.41 Å². The van der Waals surface area contributed by atoms with Crippen molar-refractivity contribution in [2.75, 3.05) is 0 Å². The fourth-order valence-electron chi connectivity index (χ4n) is 2.78. The van der Waals surface area contributed by atoms with Crippen LogP contribution in [0.15, 0.2) is 30.3 Å². The highest BCUT2D eigenvalue weighted by molar-refractivity contribution is 6.47. The van der Waals surface area contributed by atoms with Crippen molar-refractivity contribution in [3.63, 3.8) is 0 Å². The van der Waals surface area contributed by atoms with E-state index in [4.69, 9.17) is 9.31 Å². The van der Waals surface area contributed by atoms with E-state index in [1.807, 2.05) is 0 Å². The highest BCUT2D eigenvalue weighted by atomic mass is 16.7. The van der Waals surface area contributed by atoms with E-state index in [9.17, 15) is 0 Å². The molecule has 0 radical (unpaired) electrons. The lowest BCUT2D eigenvalue weighted by molar-refractivity contribution is 0.00578. The molecule has 2 rings (SSSR count). The van der Waals surface area contributed by atoms with Crippen molar-refractivity contribution in [3.05, 3.63) is 35.9 Å². The van der Waals surface area contributed by atoms with E-state index in [2.05, 4.69) is 78.8 Å². The van der Waals surface area contributed by atoms with Crippen molar-refractivity contribution >= 4 is 7.12 Å². The Bertz CT molecular complexity index is 458. The van der Waals surface area contributed by atoms with Gasteiger partial charge in [0.25, 0.3) is 0 Å². The lowest BCUT2D eigenvalue weighted by Crippen LogP contribution is -2.41. The summed E-state index contributed by atoms with van der Waals surface area (Å²) in [6, 6.07) is 10.6. The molecule has 1 atom stereocenters. The van der Waals surface area contributed by atoms with Crippen LogP contribution in [0.4, 0.5) is 0 Å². The van der Waals surface area contributed by atoms with Crippen LogP contribution >= 0.6 is 0 Å². The molecule has 1 aromatic carbocycles. The largest absolute Gasteiger partial charge is 0.465 e. The molecule has 0 aliphatic carbocycles. The van der Waals surface area contributed by atoms with Crippen LogP contribution in [0.25, 0.3) is 0 Å². The topological polar surface area (TPSA) is 18.5 Å². The molecule has 1 fully saturated rings. The summed E-state index contributed by atoms with van der Waals surface area (Å²) >= 11 is 0. The molecule has 3 heteroatoms. The van der Waals surface area contributed by atoms with Crippen LogP contribution in [-0.2, 0) is 9.31 Å². The van der Waals surface area contributed by atoms with Gasteiger partial charge in [0.1, 0.15) is 0 Å². The number of hydrogen-bond acceptors (Lipinski definition) is 2. The van der Waals surface area contributed by atoms with Gasteiger partial charge in [-0.25, -0.2) is 0 Å². The van der Waals surface area contributed by atoms with Crippen LogP contribution in [0.1, 0.15) is 66.3 Å². The predicted octanol–water partition coefficient (Wildman–Crippen LogP) is 4.84. The molecule has 116 valence electrons. The van der Waals surface area contributed by atoms with Gasteiger partial charge in [-0.2, -0.15) is 0 Å². The van der Waals surface area contributed by atoms with Crippen LogP contribution in [0.5, 0.6) is 0 Å². The first-order chi connectivity index (χ1) is 9.52. The van der Waals surface area contributed by atoms with Gasteiger partial charge in [0.05, 0.1) is 11.2 Å². The molecule has 0 saturated carbocycles. The Kier molecular flexibility index (Phi) is 4.29. The fraction of sp³-hybridized carbons (Fsp3) is 0.667. The van der Waals surface area contributed by atoms with E-state index in [-0.39, 0.29) is 29.6 Å². The van der Waals surface area contributed by atoms with E-state index in [0.717, 1.165) is 6.42 Å². The van der Waals surface area contributed by atoms with Crippen molar-refractivity contribution in [1.29, 1.82) is 0 Å². The molecule has 0 N–H and O–H groups in total. The predicted molar refractivity (Wildman–Crippen MR) is 89.3 cm³/mol. The van der Waals surface area contributed by atoms with E-state index >= 15 is 0 Å². The first kappa shape index (κ1) is 16.6. The Morgan fingerprint density at radius 3 is 1.86 bits per heavy atom. The van der Waals surface area contributed by atoms with Crippen molar-refractivity contribution in [3.8, 4) is 0 Å². The minimum absolute atomic E-state index is 0.184. The van der Waals surface area contributed by atoms with E-state index in [1.165, 1.54) is 5.56 Å². The van der Waals surface area contributed by atoms with Gasteiger partial charge >= 0.3 is 7.12 Å². The summed E-state index contributed by atoms with van der Waals surface area (Å²) in [5.41, 5.74) is 0.973. The molecule has 2 nitrogen and oxygen atoms in total. The van der Waals surface area contributed by atoms with Crippen molar-refractivity contribution in [2.45, 2.75) is 71.9 Å². The minimum Gasteiger partial charge on any atom is -0.403 e. The summed E-state index contributed by atoms with van der Waals surface area (Å²) in [6.07, 6.45) is 1.04. The second-order valence-electron chi connectivity index (χ2n) is 8.41. The lowest BCUT2D eigenvalue weighted by atomic mass is 9.62. The molecule has 0 aromatic heterocycles. The molecule has 1 aliphatic rings. The fourth-order valence-corrected chi connectivity index (χ4v) is 2.78. The average Bonchev–Trinajstić information content (AvgIpc) is 2.55. The van der Waals surface area contributed by atoms with Crippen molar-refractivity contribution < 1.29 is 9.31 Å². The van der Waals surface area contributed by atoms with E-state index in [0.29, 0.717) is 0 Å². The van der Waals surface area contributed by atoms with Crippen LogP contribution in [0.2, 0.25) is 0 Å². The third kappa shape index (κ3) is 3.70. The quantitative estimate of drug-likeness (QED) is 0.741. The molecule has 1 aromatic rings. The maximum absolute atomic E-state index is 6.30. The number of rotatable bonds is 3. The SMILES string of the molecule is CC(C)(C)CC(B1OC(C)(C)C(C)(C)O1)c1ccccc1. The van der Waals surface area contributed by atoms with Crippen LogP contribution < -0.4 is 0 Å². The molecule has 0 bridgehead atoms. The first-order valence-corrected chi connectivity index (χ1v) is 7.92. The molecule has 21 heavy (non-hydrogen) atoms. The number of benzene rings is 1. The summed E-state index contributed by atoms with van der Waals surface area (Å²) in [7, 11) is -0.184. The van der Waals surface area contributed by atoms with Gasteiger partial charge in [-0.1, -0.05) is 51.1 Å². The molecule has 1 saturated heterocycles.